The van der Waals surface area contributed by atoms with E-state index in [1.54, 1.807) is 0 Å². The number of aromatic nitrogens is 3. The minimum atomic E-state index is -0.388. The van der Waals surface area contributed by atoms with E-state index < -0.39 is 0 Å². The minimum absolute atomic E-state index is 0.0787. The van der Waals surface area contributed by atoms with Gasteiger partial charge in [0, 0.05) is 25.4 Å². The predicted molar refractivity (Wildman–Crippen MR) is 81.5 cm³/mol. The van der Waals surface area contributed by atoms with Crippen LogP contribution in [0.1, 0.15) is 39.5 Å². The highest BCUT2D eigenvalue weighted by Gasteiger charge is 2.32. The van der Waals surface area contributed by atoms with Crippen LogP contribution >= 0.6 is 0 Å². The van der Waals surface area contributed by atoms with Crippen molar-refractivity contribution >= 4 is 23.7 Å². The zero-order valence-corrected chi connectivity index (χ0v) is 13.2. The van der Waals surface area contributed by atoms with Crippen LogP contribution < -0.4 is 15.5 Å². The van der Waals surface area contributed by atoms with Crippen LogP contribution in [0.25, 0.3) is 0 Å². The molecule has 9 heteroatoms. The van der Waals surface area contributed by atoms with Crippen molar-refractivity contribution in [2.75, 3.05) is 17.2 Å². The highest BCUT2D eigenvalue weighted by molar-refractivity contribution is 6.00. The number of nitrogens with zero attached hydrogens (tertiary/aromatic N) is 4. The zero-order valence-electron chi connectivity index (χ0n) is 13.2. The summed E-state index contributed by atoms with van der Waals surface area (Å²) in [4.78, 5) is 41.1. The van der Waals surface area contributed by atoms with Gasteiger partial charge in [-0.05, 0) is 32.6 Å². The van der Waals surface area contributed by atoms with Gasteiger partial charge >= 0.3 is 6.01 Å². The molecule has 1 aliphatic heterocycles. The number of hydrogen-bond acceptors (Lipinski definition) is 8. The van der Waals surface area contributed by atoms with Gasteiger partial charge in [-0.1, -0.05) is 0 Å². The Kier molecular flexibility index (Phi) is 4.26. The third-order valence-electron chi connectivity index (χ3n) is 3.46. The van der Waals surface area contributed by atoms with Crippen LogP contribution in [-0.4, -0.2) is 44.4 Å². The summed E-state index contributed by atoms with van der Waals surface area (Å²) in [7, 11) is 0. The lowest BCUT2D eigenvalue weighted by molar-refractivity contribution is -0.165. The number of anilines is 2. The summed E-state index contributed by atoms with van der Waals surface area (Å²) < 4.78 is 0. The van der Waals surface area contributed by atoms with Gasteiger partial charge in [-0.2, -0.15) is 15.0 Å². The third kappa shape index (κ3) is 4.05. The molecule has 0 atom stereocenters. The van der Waals surface area contributed by atoms with Gasteiger partial charge in [0.15, 0.2) is 0 Å². The molecule has 1 aromatic rings. The van der Waals surface area contributed by atoms with Crippen LogP contribution in [-0.2, 0) is 9.59 Å². The average molecular weight is 320 g/mol. The number of hydroxylamine groups is 2. The lowest BCUT2D eigenvalue weighted by atomic mass is 10.4. The van der Waals surface area contributed by atoms with Crippen LogP contribution in [0.2, 0.25) is 0 Å². The molecule has 1 saturated carbocycles. The van der Waals surface area contributed by atoms with E-state index in [0.717, 1.165) is 11.6 Å². The minimum Gasteiger partial charge on any atom is -0.354 e. The van der Waals surface area contributed by atoms with E-state index >= 15 is 0 Å². The second-order valence-electron chi connectivity index (χ2n) is 6.06. The Morgan fingerprint density at radius 2 is 1.78 bits per heavy atom. The maximum absolute atomic E-state index is 11.6. The Morgan fingerprint density at radius 3 is 2.39 bits per heavy atom. The lowest BCUT2D eigenvalue weighted by Gasteiger charge is -2.15. The van der Waals surface area contributed by atoms with Crippen LogP contribution in [0.5, 0.6) is 6.01 Å². The van der Waals surface area contributed by atoms with Crippen molar-refractivity contribution in [2.45, 2.75) is 45.6 Å². The molecule has 3 rings (SSSR count). The predicted octanol–water partition coefficient (Wildman–Crippen LogP) is 0.957. The molecule has 0 spiro atoms. The maximum Gasteiger partial charge on any atom is 0.350 e. The standard InChI is InChI=1S/C14H20N6O3/c1-8(2)16-13-17-12(15-7-9-3-4-9)18-14(19-13)23-20-10(21)5-6-11(20)22/h8-9H,3-7H2,1-2H3,(H2,15,16,17,18,19). The van der Waals surface area contributed by atoms with Crippen LogP contribution in [0.15, 0.2) is 0 Å². The van der Waals surface area contributed by atoms with Gasteiger partial charge in [-0.3, -0.25) is 9.59 Å². The Bertz CT molecular complexity index is 601. The first kappa shape index (κ1) is 15.4. The molecule has 0 bridgehead atoms. The van der Waals surface area contributed by atoms with Crippen LogP contribution in [0.4, 0.5) is 11.9 Å². The largest absolute Gasteiger partial charge is 0.354 e. The molecular weight excluding hydrogens is 300 g/mol. The molecule has 0 unspecified atom stereocenters. The Morgan fingerprint density at radius 1 is 1.13 bits per heavy atom. The summed E-state index contributed by atoms with van der Waals surface area (Å²) in [5, 5.41) is 6.92. The molecule has 2 aliphatic rings. The number of rotatable bonds is 7. The summed E-state index contributed by atoms with van der Waals surface area (Å²) in [6.45, 7) is 4.69. The quantitative estimate of drug-likeness (QED) is 0.715. The molecule has 2 heterocycles. The van der Waals surface area contributed by atoms with Crippen molar-refractivity contribution in [3.63, 3.8) is 0 Å². The van der Waals surface area contributed by atoms with Gasteiger partial charge < -0.3 is 15.5 Å². The number of carbonyl (C=O) groups excluding carboxylic acids is 2. The average Bonchev–Trinajstić information content (AvgIpc) is 3.26. The van der Waals surface area contributed by atoms with Crippen LogP contribution in [0.3, 0.4) is 0 Å². The second-order valence-corrected chi connectivity index (χ2v) is 6.06. The molecule has 23 heavy (non-hydrogen) atoms. The first-order valence-electron chi connectivity index (χ1n) is 7.81. The summed E-state index contributed by atoms with van der Waals surface area (Å²) in [6.07, 6.45) is 2.70. The molecule has 2 fully saturated rings. The topological polar surface area (TPSA) is 109 Å². The Labute approximate surface area is 133 Å². The first-order valence-corrected chi connectivity index (χ1v) is 7.81. The molecule has 124 valence electrons. The van der Waals surface area contributed by atoms with Crippen molar-refractivity contribution in [3.05, 3.63) is 0 Å². The SMILES string of the molecule is CC(C)Nc1nc(NCC2CC2)nc(ON2C(=O)CCC2=O)n1. The number of carbonyl (C=O) groups is 2. The summed E-state index contributed by atoms with van der Waals surface area (Å²) >= 11 is 0. The fourth-order valence-corrected chi connectivity index (χ4v) is 2.10. The zero-order chi connectivity index (χ0) is 16.4. The van der Waals surface area contributed by atoms with E-state index in [-0.39, 0.29) is 36.7 Å². The molecule has 1 saturated heterocycles. The van der Waals surface area contributed by atoms with Crippen LogP contribution in [0, 0.1) is 5.92 Å². The van der Waals surface area contributed by atoms with Gasteiger partial charge in [0.1, 0.15) is 0 Å². The second kappa shape index (κ2) is 6.35. The van der Waals surface area contributed by atoms with Crippen molar-refractivity contribution in [1.82, 2.24) is 20.0 Å². The van der Waals surface area contributed by atoms with Crippen molar-refractivity contribution < 1.29 is 14.4 Å². The van der Waals surface area contributed by atoms with E-state index in [0.29, 0.717) is 17.8 Å². The normalized spacial score (nSPS) is 17.8. The molecule has 0 radical (unpaired) electrons. The van der Waals surface area contributed by atoms with E-state index in [1.807, 2.05) is 13.8 Å². The fourth-order valence-electron chi connectivity index (χ4n) is 2.10. The molecule has 2 amide bonds. The highest BCUT2D eigenvalue weighted by atomic mass is 16.7. The number of imide groups is 1. The first-order chi connectivity index (χ1) is 11.0. The molecule has 1 aliphatic carbocycles. The number of nitrogens with one attached hydrogen (secondary N) is 2. The molecule has 0 aromatic carbocycles. The maximum atomic E-state index is 11.6. The molecule has 1 aromatic heterocycles. The molecule has 2 N–H and O–H groups in total. The lowest BCUT2D eigenvalue weighted by Crippen LogP contribution is -2.33. The van der Waals surface area contributed by atoms with E-state index in [9.17, 15) is 9.59 Å². The molecular formula is C14H20N6O3. The van der Waals surface area contributed by atoms with Gasteiger partial charge in [0.2, 0.25) is 11.9 Å². The van der Waals surface area contributed by atoms with Crippen molar-refractivity contribution in [2.24, 2.45) is 5.92 Å². The Hall–Kier alpha value is -2.45. The summed E-state index contributed by atoms with van der Waals surface area (Å²) in [5.74, 6) is 0.577. The number of hydrogen-bond donors (Lipinski definition) is 2. The van der Waals surface area contributed by atoms with E-state index in [2.05, 4.69) is 25.6 Å². The number of amides is 2. The fraction of sp³-hybridized carbons (Fsp3) is 0.643. The Balaban J connectivity index is 1.77. The van der Waals surface area contributed by atoms with Gasteiger partial charge in [-0.15, -0.1) is 5.06 Å². The van der Waals surface area contributed by atoms with Crippen molar-refractivity contribution in [3.8, 4) is 6.01 Å². The third-order valence-corrected chi connectivity index (χ3v) is 3.46. The van der Waals surface area contributed by atoms with E-state index in [1.165, 1.54) is 12.8 Å². The molecule has 9 nitrogen and oxygen atoms in total. The highest BCUT2D eigenvalue weighted by Crippen LogP contribution is 2.28. The van der Waals surface area contributed by atoms with Gasteiger partial charge in [0.05, 0.1) is 0 Å². The monoisotopic (exact) mass is 320 g/mol. The van der Waals surface area contributed by atoms with Gasteiger partial charge in [-0.25, -0.2) is 0 Å². The summed E-state index contributed by atoms with van der Waals surface area (Å²) in [5.41, 5.74) is 0. The smallest absolute Gasteiger partial charge is 0.350 e. The van der Waals surface area contributed by atoms with Crippen molar-refractivity contribution in [1.29, 1.82) is 0 Å². The summed E-state index contributed by atoms with van der Waals surface area (Å²) in [6, 6.07) is 0.0432. The van der Waals surface area contributed by atoms with Gasteiger partial charge in [0.25, 0.3) is 11.8 Å². The van der Waals surface area contributed by atoms with E-state index in [4.69, 9.17) is 4.84 Å².